The van der Waals surface area contributed by atoms with Crippen molar-refractivity contribution in [1.29, 1.82) is 0 Å². The van der Waals surface area contributed by atoms with Crippen LogP contribution in [0.3, 0.4) is 0 Å². The predicted octanol–water partition coefficient (Wildman–Crippen LogP) is 2.73. The molecule has 0 atom stereocenters. The summed E-state index contributed by atoms with van der Waals surface area (Å²) in [6.07, 6.45) is 3.46. The fraction of sp³-hybridized carbons (Fsp3) is 0. The van der Waals surface area contributed by atoms with E-state index < -0.39 is 0 Å². The fourth-order valence-electron chi connectivity index (χ4n) is 1.77. The molecule has 19 heavy (non-hydrogen) atoms. The first-order valence-electron chi connectivity index (χ1n) is 5.73. The molecular formula is C14H10FN3O. The smallest absolute Gasteiger partial charge is 0.275 e. The van der Waals surface area contributed by atoms with Crippen molar-refractivity contribution in [3.05, 3.63) is 66.4 Å². The van der Waals surface area contributed by atoms with Crippen molar-refractivity contribution < 1.29 is 9.18 Å². The molecule has 4 nitrogen and oxygen atoms in total. The molecular weight excluding hydrogens is 245 g/mol. The minimum atomic E-state index is -0.342. The van der Waals surface area contributed by atoms with Gasteiger partial charge in [0, 0.05) is 18.1 Å². The van der Waals surface area contributed by atoms with Gasteiger partial charge in [-0.15, -0.1) is 0 Å². The zero-order chi connectivity index (χ0) is 13.2. The highest BCUT2D eigenvalue weighted by Gasteiger charge is 2.10. The van der Waals surface area contributed by atoms with Crippen LogP contribution in [0.1, 0.15) is 10.5 Å². The third-order valence-electron chi connectivity index (χ3n) is 2.70. The summed E-state index contributed by atoms with van der Waals surface area (Å²) in [5.74, 6) is -0.666. The van der Waals surface area contributed by atoms with Gasteiger partial charge in [0.1, 0.15) is 17.2 Å². The molecule has 0 saturated carbocycles. The van der Waals surface area contributed by atoms with Crippen LogP contribution >= 0.6 is 0 Å². The lowest BCUT2D eigenvalue weighted by molar-refractivity contribution is 0.102. The Morgan fingerprint density at radius 1 is 1.16 bits per heavy atom. The van der Waals surface area contributed by atoms with Crippen molar-refractivity contribution in [2.24, 2.45) is 0 Å². The maximum atomic E-state index is 12.8. The molecule has 0 aliphatic rings. The molecule has 1 amide bonds. The van der Waals surface area contributed by atoms with Crippen molar-refractivity contribution in [3.63, 3.8) is 0 Å². The molecule has 0 saturated heterocycles. The van der Waals surface area contributed by atoms with E-state index in [4.69, 9.17) is 0 Å². The van der Waals surface area contributed by atoms with Gasteiger partial charge in [0.2, 0.25) is 0 Å². The van der Waals surface area contributed by atoms with Gasteiger partial charge in [-0.2, -0.15) is 0 Å². The van der Waals surface area contributed by atoms with Crippen LogP contribution in [0.4, 0.5) is 10.1 Å². The van der Waals surface area contributed by atoms with Gasteiger partial charge in [-0.3, -0.25) is 4.79 Å². The molecule has 2 heterocycles. The number of anilines is 1. The number of rotatable bonds is 2. The van der Waals surface area contributed by atoms with Gasteiger partial charge < -0.3 is 9.72 Å². The summed E-state index contributed by atoms with van der Waals surface area (Å²) in [5.41, 5.74) is 1.55. The fourth-order valence-corrected chi connectivity index (χ4v) is 1.77. The molecule has 2 aromatic heterocycles. The average molecular weight is 255 g/mol. The number of nitrogens with one attached hydrogen (secondary N) is 1. The Hall–Kier alpha value is -2.69. The molecule has 0 unspecified atom stereocenters. The lowest BCUT2D eigenvalue weighted by atomic mass is 10.3. The lowest BCUT2D eigenvalue weighted by Gasteiger charge is -2.01. The first kappa shape index (κ1) is 11.4. The van der Waals surface area contributed by atoms with Crippen LogP contribution in [0, 0.1) is 5.82 Å². The molecule has 3 aromatic rings. The molecule has 0 bridgehead atoms. The summed E-state index contributed by atoms with van der Waals surface area (Å²) in [4.78, 5) is 16.2. The highest BCUT2D eigenvalue weighted by molar-refractivity contribution is 6.03. The molecule has 0 spiro atoms. The van der Waals surface area contributed by atoms with Crippen LogP contribution in [0.2, 0.25) is 0 Å². The third kappa shape index (κ3) is 2.30. The van der Waals surface area contributed by atoms with E-state index in [0.717, 1.165) is 0 Å². The number of aromatic nitrogens is 2. The van der Waals surface area contributed by atoms with E-state index in [0.29, 0.717) is 17.0 Å². The molecule has 1 aromatic carbocycles. The van der Waals surface area contributed by atoms with Crippen LogP contribution in [0.25, 0.3) is 5.65 Å². The predicted molar refractivity (Wildman–Crippen MR) is 69.5 cm³/mol. The molecule has 0 aliphatic heterocycles. The Morgan fingerprint density at radius 3 is 2.68 bits per heavy atom. The Kier molecular flexibility index (Phi) is 2.72. The quantitative estimate of drug-likeness (QED) is 0.765. The number of benzene rings is 1. The van der Waals surface area contributed by atoms with E-state index in [1.54, 1.807) is 10.6 Å². The Balaban J connectivity index is 1.85. The summed E-state index contributed by atoms with van der Waals surface area (Å²) in [6, 6.07) is 11.1. The number of nitrogens with zero attached hydrogens (tertiary/aromatic N) is 2. The van der Waals surface area contributed by atoms with E-state index in [1.807, 2.05) is 24.4 Å². The zero-order valence-electron chi connectivity index (χ0n) is 9.88. The van der Waals surface area contributed by atoms with Crippen LogP contribution in [0.15, 0.2) is 54.9 Å². The number of pyridine rings is 1. The monoisotopic (exact) mass is 255 g/mol. The standard InChI is InChI=1S/C14H10FN3O/c15-10-4-6-11(7-5-10)16-14(19)12-9-18-8-2-1-3-13(18)17-12/h1-9H,(H,16,19). The van der Waals surface area contributed by atoms with E-state index in [2.05, 4.69) is 10.3 Å². The highest BCUT2D eigenvalue weighted by Crippen LogP contribution is 2.11. The third-order valence-corrected chi connectivity index (χ3v) is 2.70. The Labute approximate surface area is 108 Å². The minimum Gasteiger partial charge on any atom is -0.321 e. The van der Waals surface area contributed by atoms with Crippen LogP contribution in [-0.4, -0.2) is 15.3 Å². The van der Waals surface area contributed by atoms with Gasteiger partial charge in [0.15, 0.2) is 0 Å². The Bertz CT molecular complexity index is 701. The first-order valence-corrected chi connectivity index (χ1v) is 5.73. The van der Waals surface area contributed by atoms with Crippen molar-refractivity contribution in [1.82, 2.24) is 9.38 Å². The number of hydrogen-bond donors (Lipinski definition) is 1. The molecule has 0 radical (unpaired) electrons. The average Bonchev–Trinajstić information content (AvgIpc) is 2.85. The number of amides is 1. The van der Waals surface area contributed by atoms with Gasteiger partial charge in [0.05, 0.1) is 0 Å². The second-order valence-corrected chi connectivity index (χ2v) is 4.05. The van der Waals surface area contributed by atoms with Gasteiger partial charge in [-0.05, 0) is 36.4 Å². The molecule has 94 valence electrons. The second-order valence-electron chi connectivity index (χ2n) is 4.05. The second kappa shape index (κ2) is 4.53. The molecule has 3 rings (SSSR count). The molecule has 1 N–H and O–H groups in total. The van der Waals surface area contributed by atoms with Crippen molar-refractivity contribution in [2.45, 2.75) is 0 Å². The number of hydrogen-bond acceptors (Lipinski definition) is 2. The number of carbonyl (C=O) groups is 1. The normalized spacial score (nSPS) is 10.6. The number of fused-ring (bicyclic) bond motifs is 1. The highest BCUT2D eigenvalue weighted by atomic mass is 19.1. The van der Waals surface area contributed by atoms with E-state index in [9.17, 15) is 9.18 Å². The van der Waals surface area contributed by atoms with Crippen molar-refractivity contribution in [2.75, 3.05) is 5.32 Å². The van der Waals surface area contributed by atoms with Crippen molar-refractivity contribution in [3.8, 4) is 0 Å². The van der Waals surface area contributed by atoms with Gasteiger partial charge in [0.25, 0.3) is 5.91 Å². The van der Waals surface area contributed by atoms with Crippen LogP contribution in [0.5, 0.6) is 0 Å². The summed E-state index contributed by atoms with van der Waals surface area (Å²) in [7, 11) is 0. The van der Waals surface area contributed by atoms with Gasteiger partial charge >= 0.3 is 0 Å². The molecule has 0 aliphatic carbocycles. The number of carbonyl (C=O) groups excluding carboxylic acids is 1. The molecule has 5 heteroatoms. The summed E-state index contributed by atoms with van der Waals surface area (Å²) in [6.45, 7) is 0. The topological polar surface area (TPSA) is 46.4 Å². The first-order chi connectivity index (χ1) is 9.22. The number of imidazole rings is 1. The van der Waals surface area contributed by atoms with E-state index in [1.165, 1.54) is 24.3 Å². The van der Waals surface area contributed by atoms with Crippen LogP contribution in [-0.2, 0) is 0 Å². The maximum absolute atomic E-state index is 12.8. The molecule has 0 fully saturated rings. The SMILES string of the molecule is O=C(Nc1ccc(F)cc1)c1cn2ccccc2n1. The summed E-state index contributed by atoms with van der Waals surface area (Å²) in [5, 5.41) is 2.66. The number of halogens is 1. The van der Waals surface area contributed by atoms with Crippen LogP contribution < -0.4 is 5.32 Å². The maximum Gasteiger partial charge on any atom is 0.275 e. The summed E-state index contributed by atoms with van der Waals surface area (Å²) < 4.78 is 14.5. The minimum absolute atomic E-state index is 0.315. The zero-order valence-corrected chi connectivity index (χ0v) is 9.88. The van der Waals surface area contributed by atoms with E-state index in [-0.39, 0.29) is 11.7 Å². The van der Waals surface area contributed by atoms with E-state index >= 15 is 0 Å². The largest absolute Gasteiger partial charge is 0.321 e. The van der Waals surface area contributed by atoms with Crippen molar-refractivity contribution >= 4 is 17.2 Å². The van der Waals surface area contributed by atoms with Gasteiger partial charge in [-0.25, -0.2) is 9.37 Å². The lowest BCUT2D eigenvalue weighted by Crippen LogP contribution is -2.12. The Morgan fingerprint density at radius 2 is 1.95 bits per heavy atom. The summed E-state index contributed by atoms with van der Waals surface area (Å²) >= 11 is 0. The van der Waals surface area contributed by atoms with Gasteiger partial charge in [-0.1, -0.05) is 6.07 Å².